The summed E-state index contributed by atoms with van der Waals surface area (Å²) < 4.78 is 0. The van der Waals surface area contributed by atoms with Gasteiger partial charge in [-0.05, 0) is 6.42 Å². The molecule has 0 aromatic carbocycles. The SMILES string of the molecule is CCC(C)C(=O)ON. The van der Waals surface area contributed by atoms with E-state index in [-0.39, 0.29) is 11.9 Å². The summed E-state index contributed by atoms with van der Waals surface area (Å²) in [7, 11) is 0. The number of hydrogen-bond acceptors (Lipinski definition) is 3. The zero-order valence-electron chi connectivity index (χ0n) is 5.18. The maximum atomic E-state index is 10.4. The largest absolute Gasteiger partial charge is 0.373 e. The van der Waals surface area contributed by atoms with Gasteiger partial charge in [0, 0.05) is 0 Å². The van der Waals surface area contributed by atoms with E-state index >= 15 is 0 Å². The van der Waals surface area contributed by atoms with E-state index in [1.165, 1.54) is 0 Å². The van der Waals surface area contributed by atoms with Gasteiger partial charge in [0.25, 0.3) is 0 Å². The minimum atomic E-state index is -0.340. The highest BCUT2D eigenvalue weighted by atomic mass is 16.7. The van der Waals surface area contributed by atoms with E-state index in [0.717, 1.165) is 6.42 Å². The van der Waals surface area contributed by atoms with Crippen molar-refractivity contribution in [2.45, 2.75) is 20.3 Å². The number of carbonyl (C=O) groups is 1. The van der Waals surface area contributed by atoms with Gasteiger partial charge in [0.05, 0.1) is 5.92 Å². The quantitative estimate of drug-likeness (QED) is 0.534. The van der Waals surface area contributed by atoms with Crippen LogP contribution >= 0.6 is 0 Å². The van der Waals surface area contributed by atoms with Gasteiger partial charge >= 0.3 is 5.97 Å². The maximum absolute atomic E-state index is 10.4. The monoisotopic (exact) mass is 117 g/mol. The fourth-order valence-electron chi connectivity index (χ4n) is 0.283. The predicted molar refractivity (Wildman–Crippen MR) is 29.7 cm³/mol. The molecule has 1 atom stereocenters. The first kappa shape index (κ1) is 7.43. The molecule has 2 N–H and O–H groups in total. The van der Waals surface area contributed by atoms with Crippen LogP contribution < -0.4 is 5.90 Å². The molecular formula is C5H11NO2. The summed E-state index contributed by atoms with van der Waals surface area (Å²) >= 11 is 0. The molecular weight excluding hydrogens is 106 g/mol. The molecule has 0 amide bonds. The van der Waals surface area contributed by atoms with Gasteiger partial charge in [-0.1, -0.05) is 13.8 Å². The molecule has 0 spiro atoms. The van der Waals surface area contributed by atoms with E-state index < -0.39 is 0 Å². The maximum Gasteiger partial charge on any atom is 0.327 e. The molecule has 8 heavy (non-hydrogen) atoms. The van der Waals surface area contributed by atoms with Gasteiger partial charge in [-0.15, -0.1) is 0 Å². The molecule has 0 aliphatic rings. The van der Waals surface area contributed by atoms with Crippen LogP contribution in [0.15, 0.2) is 0 Å². The average molecular weight is 117 g/mol. The first-order valence-corrected chi connectivity index (χ1v) is 2.63. The molecule has 0 fully saturated rings. The van der Waals surface area contributed by atoms with Crippen molar-refractivity contribution < 1.29 is 9.63 Å². The van der Waals surface area contributed by atoms with Crippen molar-refractivity contribution in [2.75, 3.05) is 0 Å². The average Bonchev–Trinajstić information content (AvgIpc) is 1.84. The summed E-state index contributed by atoms with van der Waals surface area (Å²) in [6, 6.07) is 0. The lowest BCUT2D eigenvalue weighted by atomic mass is 10.1. The Hall–Kier alpha value is -0.570. The molecule has 3 nitrogen and oxygen atoms in total. The molecule has 0 radical (unpaired) electrons. The van der Waals surface area contributed by atoms with Crippen molar-refractivity contribution in [3.05, 3.63) is 0 Å². The lowest BCUT2D eigenvalue weighted by Gasteiger charge is -2.01. The Morgan fingerprint density at radius 3 is 2.50 bits per heavy atom. The van der Waals surface area contributed by atoms with Crippen molar-refractivity contribution in [1.29, 1.82) is 0 Å². The molecule has 0 saturated heterocycles. The van der Waals surface area contributed by atoms with Gasteiger partial charge < -0.3 is 4.84 Å². The van der Waals surface area contributed by atoms with E-state index in [2.05, 4.69) is 10.7 Å². The van der Waals surface area contributed by atoms with E-state index in [1.54, 1.807) is 6.92 Å². The second-order valence-electron chi connectivity index (χ2n) is 1.75. The van der Waals surface area contributed by atoms with Crippen molar-refractivity contribution in [1.82, 2.24) is 0 Å². The first-order valence-electron chi connectivity index (χ1n) is 2.63. The third-order valence-electron chi connectivity index (χ3n) is 1.13. The zero-order valence-corrected chi connectivity index (χ0v) is 5.18. The normalized spacial score (nSPS) is 12.9. The van der Waals surface area contributed by atoms with Crippen LogP contribution in [-0.4, -0.2) is 5.97 Å². The molecule has 1 unspecified atom stereocenters. The Morgan fingerprint density at radius 1 is 1.88 bits per heavy atom. The van der Waals surface area contributed by atoms with Gasteiger partial charge in [0.1, 0.15) is 0 Å². The van der Waals surface area contributed by atoms with Crippen LogP contribution in [0.2, 0.25) is 0 Å². The lowest BCUT2D eigenvalue weighted by molar-refractivity contribution is -0.148. The first-order chi connectivity index (χ1) is 3.72. The Bertz CT molecular complexity index is 82.5. The van der Waals surface area contributed by atoms with Crippen LogP contribution in [0.4, 0.5) is 0 Å². The fourth-order valence-corrected chi connectivity index (χ4v) is 0.283. The van der Waals surface area contributed by atoms with Gasteiger partial charge in [0.2, 0.25) is 0 Å². The molecule has 0 aromatic rings. The summed E-state index contributed by atoms with van der Waals surface area (Å²) in [4.78, 5) is 14.4. The van der Waals surface area contributed by atoms with Crippen LogP contribution in [0.5, 0.6) is 0 Å². The van der Waals surface area contributed by atoms with Gasteiger partial charge in [-0.25, -0.2) is 0 Å². The second-order valence-corrected chi connectivity index (χ2v) is 1.75. The van der Waals surface area contributed by atoms with Gasteiger partial charge in [-0.3, -0.25) is 4.79 Å². The summed E-state index contributed by atoms with van der Waals surface area (Å²) in [5.74, 6) is 4.19. The van der Waals surface area contributed by atoms with Crippen LogP contribution in [0.1, 0.15) is 20.3 Å². The summed E-state index contributed by atoms with van der Waals surface area (Å²) in [6.45, 7) is 3.68. The van der Waals surface area contributed by atoms with E-state index in [4.69, 9.17) is 0 Å². The minimum absolute atomic E-state index is 0.0694. The number of hydrogen-bond donors (Lipinski definition) is 1. The van der Waals surface area contributed by atoms with E-state index in [0.29, 0.717) is 0 Å². The predicted octanol–water partition coefficient (Wildman–Crippen LogP) is 0.449. The van der Waals surface area contributed by atoms with Crippen LogP contribution in [0.3, 0.4) is 0 Å². The molecule has 0 aromatic heterocycles. The third kappa shape index (κ3) is 1.93. The van der Waals surface area contributed by atoms with Crippen molar-refractivity contribution >= 4 is 5.97 Å². The van der Waals surface area contributed by atoms with Crippen molar-refractivity contribution in [3.8, 4) is 0 Å². The van der Waals surface area contributed by atoms with Gasteiger partial charge in [-0.2, -0.15) is 5.90 Å². The Balaban J connectivity index is 3.46. The van der Waals surface area contributed by atoms with Crippen LogP contribution in [0.25, 0.3) is 0 Å². The standard InChI is InChI=1S/C5H11NO2/c1-3-4(2)5(7)8-6/h4H,3,6H2,1-2H3. The molecule has 0 aliphatic heterocycles. The number of carbonyl (C=O) groups excluding carboxylic acids is 1. The minimum Gasteiger partial charge on any atom is -0.373 e. The molecule has 0 saturated carbocycles. The lowest BCUT2D eigenvalue weighted by Crippen LogP contribution is -2.17. The zero-order chi connectivity index (χ0) is 6.57. The molecule has 0 rings (SSSR count). The Kier molecular flexibility index (Phi) is 3.19. The molecule has 0 heterocycles. The van der Waals surface area contributed by atoms with Crippen LogP contribution in [0, 0.1) is 5.92 Å². The molecule has 48 valence electrons. The van der Waals surface area contributed by atoms with Crippen molar-refractivity contribution in [3.63, 3.8) is 0 Å². The highest BCUT2D eigenvalue weighted by molar-refractivity contribution is 5.71. The molecule has 0 bridgehead atoms. The van der Waals surface area contributed by atoms with E-state index in [9.17, 15) is 4.79 Å². The summed E-state index contributed by atoms with van der Waals surface area (Å²) in [5.41, 5.74) is 0. The number of rotatable bonds is 2. The highest BCUT2D eigenvalue weighted by Crippen LogP contribution is 2.00. The third-order valence-corrected chi connectivity index (χ3v) is 1.13. The van der Waals surface area contributed by atoms with Gasteiger partial charge in [0.15, 0.2) is 0 Å². The molecule has 0 aliphatic carbocycles. The molecule has 3 heteroatoms. The summed E-state index contributed by atoms with van der Waals surface area (Å²) in [6.07, 6.45) is 0.774. The summed E-state index contributed by atoms with van der Waals surface area (Å²) in [5, 5.41) is 0. The highest BCUT2D eigenvalue weighted by Gasteiger charge is 2.09. The van der Waals surface area contributed by atoms with E-state index in [1.807, 2.05) is 6.92 Å². The Labute approximate surface area is 48.8 Å². The topological polar surface area (TPSA) is 52.3 Å². The van der Waals surface area contributed by atoms with Crippen molar-refractivity contribution in [2.24, 2.45) is 11.8 Å². The van der Waals surface area contributed by atoms with Crippen LogP contribution in [-0.2, 0) is 9.63 Å². The second kappa shape index (κ2) is 3.43. The fraction of sp³-hybridized carbons (Fsp3) is 0.800. The Morgan fingerprint density at radius 2 is 2.38 bits per heavy atom. The number of nitrogens with two attached hydrogens (primary N) is 1. The smallest absolute Gasteiger partial charge is 0.327 e.